The van der Waals surface area contributed by atoms with E-state index in [1.807, 2.05) is 0 Å². The zero-order valence-electron chi connectivity index (χ0n) is 9.53. The zero-order valence-corrected chi connectivity index (χ0v) is 10.3. The van der Waals surface area contributed by atoms with Gasteiger partial charge in [-0.2, -0.15) is 17.5 Å². The molecule has 0 bridgehead atoms. The van der Waals surface area contributed by atoms with Crippen LogP contribution in [0.15, 0.2) is 12.3 Å². The summed E-state index contributed by atoms with van der Waals surface area (Å²) in [7, 11) is -3.39. The zero-order chi connectivity index (χ0) is 13.6. The lowest BCUT2D eigenvalue weighted by Gasteiger charge is -2.26. The topological polar surface area (TPSA) is 50.3 Å². The summed E-state index contributed by atoms with van der Waals surface area (Å²) in [6.45, 7) is 0.204. The van der Waals surface area contributed by atoms with Crippen LogP contribution in [0.5, 0.6) is 0 Å². The SMILES string of the molecule is CS(=O)(=O)N1CCc2ncc(C(F)(F)F)cc2C1. The Labute approximate surface area is 102 Å². The summed E-state index contributed by atoms with van der Waals surface area (Å²) >= 11 is 0. The Hall–Kier alpha value is -1.15. The normalized spacial score (nSPS) is 17.6. The minimum Gasteiger partial charge on any atom is -0.260 e. The van der Waals surface area contributed by atoms with Crippen molar-refractivity contribution in [1.29, 1.82) is 0 Å². The Balaban J connectivity index is 2.36. The van der Waals surface area contributed by atoms with Gasteiger partial charge in [0.05, 0.1) is 11.8 Å². The van der Waals surface area contributed by atoms with E-state index in [1.165, 1.54) is 0 Å². The third-order valence-corrected chi connectivity index (χ3v) is 4.05. The molecule has 100 valence electrons. The van der Waals surface area contributed by atoms with Crippen molar-refractivity contribution < 1.29 is 21.6 Å². The number of halogens is 3. The van der Waals surface area contributed by atoms with Crippen LogP contribution in [0.25, 0.3) is 0 Å². The number of hydrogen-bond donors (Lipinski definition) is 0. The van der Waals surface area contributed by atoms with Gasteiger partial charge in [-0.1, -0.05) is 0 Å². The first kappa shape index (κ1) is 13.3. The number of hydrogen-bond acceptors (Lipinski definition) is 3. The molecule has 18 heavy (non-hydrogen) atoms. The van der Waals surface area contributed by atoms with E-state index in [1.54, 1.807) is 0 Å². The minimum absolute atomic E-state index is 0.0505. The largest absolute Gasteiger partial charge is 0.417 e. The lowest BCUT2D eigenvalue weighted by atomic mass is 10.1. The molecule has 0 N–H and O–H groups in total. The van der Waals surface area contributed by atoms with Crippen molar-refractivity contribution in [2.24, 2.45) is 0 Å². The third-order valence-electron chi connectivity index (χ3n) is 2.80. The molecule has 0 radical (unpaired) electrons. The molecule has 1 aliphatic rings. The number of aromatic nitrogens is 1. The summed E-state index contributed by atoms with van der Waals surface area (Å²) < 4.78 is 61.4. The summed E-state index contributed by atoms with van der Waals surface area (Å²) in [5.41, 5.74) is 0.000927. The summed E-state index contributed by atoms with van der Waals surface area (Å²) in [5, 5.41) is 0. The molecule has 0 aliphatic carbocycles. The van der Waals surface area contributed by atoms with Crippen molar-refractivity contribution in [3.05, 3.63) is 29.1 Å². The first-order valence-corrected chi connectivity index (χ1v) is 7.03. The van der Waals surface area contributed by atoms with Crippen molar-refractivity contribution >= 4 is 10.0 Å². The smallest absolute Gasteiger partial charge is 0.260 e. The fraction of sp³-hybridized carbons (Fsp3) is 0.500. The van der Waals surface area contributed by atoms with Crippen LogP contribution < -0.4 is 0 Å². The molecular weight excluding hydrogens is 269 g/mol. The maximum absolute atomic E-state index is 12.5. The molecule has 1 aromatic heterocycles. The standard InChI is InChI=1S/C10H11F3N2O2S/c1-18(16,17)15-3-2-9-7(6-15)4-8(5-14-9)10(11,12)13/h4-5H,2-3,6H2,1H3. The molecule has 1 aliphatic heterocycles. The molecule has 2 rings (SSSR count). The van der Waals surface area contributed by atoms with E-state index < -0.39 is 21.8 Å². The quantitative estimate of drug-likeness (QED) is 0.781. The van der Waals surface area contributed by atoms with Gasteiger partial charge in [-0.15, -0.1) is 0 Å². The van der Waals surface area contributed by atoms with Gasteiger partial charge in [-0.25, -0.2) is 8.42 Å². The Morgan fingerprint density at radius 2 is 2.06 bits per heavy atom. The third kappa shape index (κ3) is 2.64. The van der Waals surface area contributed by atoms with Crippen LogP contribution in [0.1, 0.15) is 16.8 Å². The summed E-state index contributed by atoms with van der Waals surface area (Å²) in [6.07, 6.45) is -2.30. The van der Waals surface area contributed by atoms with Gasteiger partial charge >= 0.3 is 6.18 Å². The minimum atomic E-state index is -4.46. The van der Waals surface area contributed by atoms with E-state index in [4.69, 9.17) is 0 Å². The van der Waals surface area contributed by atoms with Crippen LogP contribution in [0, 0.1) is 0 Å². The fourth-order valence-corrected chi connectivity index (χ4v) is 2.63. The van der Waals surface area contributed by atoms with E-state index in [2.05, 4.69) is 4.98 Å². The highest BCUT2D eigenvalue weighted by Gasteiger charge is 2.33. The lowest BCUT2D eigenvalue weighted by Crippen LogP contribution is -2.35. The number of pyridine rings is 1. The molecule has 4 nitrogen and oxygen atoms in total. The van der Waals surface area contributed by atoms with Crippen LogP contribution in [-0.4, -0.2) is 30.5 Å². The van der Waals surface area contributed by atoms with Gasteiger partial charge in [-0.3, -0.25) is 4.98 Å². The number of rotatable bonds is 1. The second-order valence-corrected chi connectivity index (χ2v) is 6.16. The van der Waals surface area contributed by atoms with Gasteiger partial charge in [0.1, 0.15) is 0 Å². The van der Waals surface area contributed by atoms with Gasteiger partial charge in [0, 0.05) is 31.4 Å². The monoisotopic (exact) mass is 280 g/mol. The predicted molar refractivity (Wildman–Crippen MR) is 58.2 cm³/mol. The average molecular weight is 280 g/mol. The number of nitrogens with zero attached hydrogens (tertiary/aromatic N) is 2. The van der Waals surface area contributed by atoms with E-state index in [-0.39, 0.29) is 13.1 Å². The van der Waals surface area contributed by atoms with Crippen molar-refractivity contribution in [2.45, 2.75) is 19.1 Å². The number of fused-ring (bicyclic) bond motifs is 1. The molecule has 2 heterocycles. The lowest BCUT2D eigenvalue weighted by molar-refractivity contribution is -0.137. The molecule has 0 spiro atoms. The maximum Gasteiger partial charge on any atom is 0.417 e. The Kier molecular flexibility index (Phi) is 3.10. The second kappa shape index (κ2) is 4.20. The first-order valence-electron chi connectivity index (χ1n) is 5.18. The van der Waals surface area contributed by atoms with Crippen LogP contribution in [0.3, 0.4) is 0 Å². The molecule has 0 amide bonds. The molecule has 8 heteroatoms. The average Bonchev–Trinajstić information content (AvgIpc) is 2.25. The van der Waals surface area contributed by atoms with Crippen LogP contribution in [0.2, 0.25) is 0 Å². The second-order valence-electron chi connectivity index (χ2n) is 4.17. The summed E-state index contributed by atoms with van der Waals surface area (Å²) in [4.78, 5) is 3.76. The fourth-order valence-electron chi connectivity index (χ4n) is 1.84. The van der Waals surface area contributed by atoms with E-state index in [9.17, 15) is 21.6 Å². The van der Waals surface area contributed by atoms with Crippen LogP contribution in [-0.2, 0) is 29.2 Å². The van der Waals surface area contributed by atoms with Gasteiger partial charge in [-0.05, 0) is 11.6 Å². The number of alkyl halides is 3. The van der Waals surface area contributed by atoms with Crippen molar-refractivity contribution in [2.75, 3.05) is 12.8 Å². The highest BCUT2D eigenvalue weighted by atomic mass is 32.2. The summed E-state index contributed by atoms with van der Waals surface area (Å²) in [5.74, 6) is 0. The van der Waals surface area contributed by atoms with E-state index in [0.29, 0.717) is 17.7 Å². The van der Waals surface area contributed by atoms with E-state index in [0.717, 1.165) is 22.8 Å². The Morgan fingerprint density at radius 1 is 1.39 bits per heavy atom. The maximum atomic E-state index is 12.5. The molecule has 0 aromatic carbocycles. The summed E-state index contributed by atoms with van der Waals surface area (Å²) in [6, 6.07) is 0.972. The van der Waals surface area contributed by atoms with Crippen molar-refractivity contribution in [3.8, 4) is 0 Å². The van der Waals surface area contributed by atoms with Gasteiger partial charge in [0.25, 0.3) is 0 Å². The van der Waals surface area contributed by atoms with E-state index >= 15 is 0 Å². The Morgan fingerprint density at radius 3 is 2.61 bits per heavy atom. The van der Waals surface area contributed by atoms with Gasteiger partial charge in [0.15, 0.2) is 0 Å². The predicted octanol–water partition coefficient (Wildman–Crippen LogP) is 1.42. The molecular formula is C10H11F3N2O2S. The molecule has 0 atom stereocenters. The van der Waals surface area contributed by atoms with Crippen molar-refractivity contribution in [3.63, 3.8) is 0 Å². The Bertz CT molecular complexity index is 569. The molecule has 0 saturated carbocycles. The van der Waals surface area contributed by atoms with Crippen molar-refractivity contribution in [1.82, 2.24) is 9.29 Å². The van der Waals surface area contributed by atoms with Crippen LogP contribution >= 0.6 is 0 Å². The van der Waals surface area contributed by atoms with Gasteiger partial charge in [0.2, 0.25) is 10.0 Å². The number of sulfonamides is 1. The molecule has 0 fully saturated rings. The highest BCUT2D eigenvalue weighted by Crippen LogP contribution is 2.31. The van der Waals surface area contributed by atoms with Crippen LogP contribution in [0.4, 0.5) is 13.2 Å². The van der Waals surface area contributed by atoms with Gasteiger partial charge < -0.3 is 0 Å². The molecule has 0 saturated heterocycles. The highest BCUT2D eigenvalue weighted by molar-refractivity contribution is 7.88. The molecule has 0 unspecified atom stereocenters. The molecule has 1 aromatic rings. The first-order chi connectivity index (χ1) is 8.18.